The Morgan fingerprint density at radius 2 is 2.00 bits per heavy atom. The van der Waals surface area contributed by atoms with Gasteiger partial charge in [-0.05, 0) is 17.7 Å². The number of rotatable bonds is 4. The SMILES string of the molecule is COC(OC)c1ccnc(C2Cc3ccccc3O2)n1. The molecule has 0 amide bonds. The summed E-state index contributed by atoms with van der Waals surface area (Å²) in [5, 5.41) is 0. The molecule has 0 radical (unpaired) electrons. The molecule has 2 heterocycles. The quantitative estimate of drug-likeness (QED) is 0.800. The van der Waals surface area contributed by atoms with E-state index in [2.05, 4.69) is 16.0 Å². The summed E-state index contributed by atoms with van der Waals surface area (Å²) < 4.78 is 16.3. The topological polar surface area (TPSA) is 53.5 Å². The first kappa shape index (κ1) is 13.0. The van der Waals surface area contributed by atoms with Crippen LogP contribution in [0.5, 0.6) is 5.75 Å². The van der Waals surface area contributed by atoms with Crippen LogP contribution in [0.15, 0.2) is 36.5 Å². The molecule has 3 rings (SSSR count). The molecule has 1 aliphatic heterocycles. The van der Waals surface area contributed by atoms with Crippen molar-refractivity contribution in [1.29, 1.82) is 0 Å². The number of fused-ring (bicyclic) bond motifs is 1. The van der Waals surface area contributed by atoms with Crippen LogP contribution in [0, 0.1) is 0 Å². The Hall–Kier alpha value is -1.98. The maximum atomic E-state index is 5.89. The van der Waals surface area contributed by atoms with E-state index in [0.29, 0.717) is 11.5 Å². The number of hydrogen-bond acceptors (Lipinski definition) is 5. The number of hydrogen-bond donors (Lipinski definition) is 0. The highest BCUT2D eigenvalue weighted by atomic mass is 16.7. The van der Waals surface area contributed by atoms with Gasteiger partial charge in [-0.25, -0.2) is 9.97 Å². The van der Waals surface area contributed by atoms with E-state index in [9.17, 15) is 0 Å². The van der Waals surface area contributed by atoms with Gasteiger partial charge < -0.3 is 14.2 Å². The monoisotopic (exact) mass is 272 g/mol. The molecule has 20 heavy (non-hydrogen) atoms. The maximum Gasteiger partial charge on any atom is 0.200 e. The number of nitrogens with zero attached hydrogens (tertiary/aromatic N) is 2. The number of benzene rings is 1. The first-order valence-corrected chi connectivity index (χ1v) is 6.45. The van der Waals surface area contributed by atoms with Crippen LogP contribution < -0.4 is 4.74 Å². The van der Waals surface area contributed by atoms with Crippen LogP contribution in [0.1, 0.15) is 29.5 Å². The van der Waals surface area contributed by atoms with Crippen LogP contribution in [0.3, 0.4) is 0 Å². The van der Waals surface area contributed by atoms with Crippen LogP contribution >= 0.6 is 0 Å². The molecule has 0 fully saturated rings. The van der Waals surface area contributed by atoms with E-state index in [-0.39, 0.29) is 6.10 Å². The molecule has 0 saturated heterocycles. The summed E-state index contributed by atoms with van der Waals surface area (Å²) in [6, 6.07) is 9.78. The number of methoxy groups -OCH3 is 2. The first-order chi connectivity index (χ1) is 9.81. The Morgan fingerprint density at radius 1 is 1.20 bits per heavy atom. The molecule has 1 unspecified atom stereocenters. The molecule has 5 heteroatoms. The molecule has 0 bridgehead atoms. The lowest BCUT2D eigenvalue weighted by Gasteiger charge is -2.15. The zero-order valence-corrected chi connectivity index (χ0v) is 11.4. The van der Waals surface area contributed by atoms with Crippen LogP contribution in [0.25, 0.3) is 0 Å². The first-order valence-electron chi connectivity index (χ1n) is 6.45. The van der Waals surface area contributed by atoms with E-state index in [4.69, 9.17) is 14.2 Å². The van der Waals surface area contributed by atoms with E-state index in [1.165, 1.54) is 5.56 Å². The molecule has 2 aromatic rings. The highest BCUT2D eigenvalue weighted by molar-refractivity contribution is 5.38. The average molecular weight is 272 g/mol. The van der Waals surface area contributed by atoms with Crippen LogP contribution in [0.2, 0.25) is 0 Å². The van der Waals surface area contributed by atoms with Gasteiger partial charge in [0.15, 0.2) is 11.9 Å². The fourth-order valence-corrected chi connectivity index (χ4v) is 2.34. The van der Waals surface area contributed by atoms with Gasteiger partial charge in [0.05, 0.1) is 0 Å². The Labute approximate surface area is 117 Å². The van der Waals surface area contributed by atoms with Crippen molar-refractivity contribution in [1.82, 2.24) is 9.97 Å². The lowest BCUT2D eigenvalue weighted by atomic mass is 10.1. The third-order valence-corrected chi connectivity index (χ3v) is 3.30. The van der Waals surface area contributed by atoms with Crippen molar-refractivity contribution in [2.75, 3.05) is 14.2 Å². The molecule has 104 valence electrons. The van der Waals surface area contributed by atoms with Crippen molar-refractivity contribution < 1.29 is 14.2 Å². The Morgan fingerprint density at radius 3 is 2.75 bits per heavy atom. The summed E-state index contributed by atoms with van der Waals surface area (Å²) >= 11 is 0. The number of para-hydroxylation sites is 1. The third-order valence-electron chi connectivity index (χ3n) is 3.30. The number of ether oxygens (including phenoxy) is 3. The van der Waals surface area contributed by atoms with Crippen LogP contribution in [0.4, 0.5) is 0 Å². The van der Waals surface area contributed by atoms with Gasteiger partial charge >= 0.3 is 0 Å². The zero-order chi connectivity index (χ0) is 13.9. The van der Waals surface area contributed by atoms with Gasteiger partial charge in [0.1, 0.15) is 11.4 Å². The van der Waals surface area contributed by atoms with Crippen molar-refractivity contribution >= 4 is 0 Å². The highest BCUT2D eigenvalue weighted by Crippen LogP contribution is 2.35. The van der Waals surface area contributed by atoms with Crippen LogP contribution in [-0.4, -0.2) is 24.2 Å². The van der Waals surface area contributed by atoms with Gasteiger partial charge in [-0.1, -0.05) is 18.2 Å². The van der Waals surface area contributed by atoms with E-state index in [1.807, 2.05) is 18.2 Å². The summed E-state index contributed by atoms with van der Waals surface area (Å²) in [5.74, 6) is 1.55. The van der Waals surface area contributed by atoms with Gasteiger partial charge in [-0.15, -0.1) is 0 Å². The summed E-state index contributed by atoms with van der Waals surface area (Å²) in [5.41, 5.74) is 1.88. The molecular weight excluding hydrogens is 256 g/mol. The minimum absolute atomic E-state index is 0.151. The second kappa shape index (κ2) is 5.56. The second-order valence-corrected chi connectivity index (χ2v) is 4.56. The maximum absolute atomic E-state index is 5.89. The van der Waals surface area contributed by atoms with Crippen molar-refractivity contribution in [2.45, 2.75) is 18.8 Å². The third kappa shape index (κ3) is 2.37. The van der Waals surface area contributed by atoms with E-state index >= 15 is 0 Å². The van der Waals surface area contributed by atoms with Crippen LogP contribution in [-0.2, 0) is 15.9 Å². The Kier molecular flexibility index (Phi) is 3.62. The predicted octanol–water partition coefficient (Wildman–Crippen LogP) is 2.44. The molecule has 0 aliphatic carbocycles. The molecule has 0 N–H and O–H groups in total. The normalized spacial score (nSPS) is 17.1. The Bertz CT molecular complexity index is 574. The van der Waals surface area contributed by atoms with Gasteiger partial charge in [0, 0.05) is 26.8 Å². The molecular formula is C15H16N2O3. The van der Waals surface area contributed by atoms with Gasteiger partial charge in [-0.3, -0.25) is 0 Å². The summed E-state index contributed by atoms with van der Waals surface area (Å²) in [4.78, 5) is 8.80. The lowest BCUT2D eigenvalue weighted by Crippen LogP contribution is -2.13. The molecule has 1 atom stereocenters. The minimum atomic E-state index is -0.486. The summed E-state index contributed by atoms with van der Waals surface area (Å²) in [6.07, 6.45) is 1.85. The van der Waals surface area contributed by atoms with Crippen molar-refractivity contribution in [3.05, 3.63) is 53.6 Å². The number of aromatic nitrogens is 2. The highest BCUT2D eigenvalue weighted by Gasteiger charge is 2.27. The van der Waals surface area contributed by atoms with Gasteiger partial charge in [0.2, 0.25) is 6.29 Å². The molecule has 5 nitrogen and oxygen atoms in total. The summed E-state index contributed by atoms with van der Waals surface area (Å²) in [7, 11) is 3.16. The fourth-order valence-electron chi connectivity index (χ4n) is 2.34. The minimum Gasteiger partial charge on any atom is -0.482 e. The van der Waals surface area contributed by atoms with Gasteiger partial charge in [0.25, 0.3) is 0 Å². The molecule has 1 aromatic carbocycles. The standard InChI is InChI=1S/C15H16N2O3/c1-18-15(19-2)11-7-8-16-14(17-11)13-9-10-5-3-4-6-12(10)20-13/h3-8,13,15H,9H2,1-2H3. The molecule has 1 aliphatic rings. The molecule has 0 saturated carbocycles. The smallest absolute Gasteiger partial charge is 0.200 e. The summed E-state index contributed by atoms with van der Waals surface area (Å²) in [6.45, 7) is 0. The van der Waals surface area contributed by atoms with Gasteiger partial charge in [-0.2, -0.15) is 0 Å². The van der Waals surface area contributed by atoms with Crippen molar-refractivity contribution in [3.63, 3.8) is 0 Å². The Balaban J connectivity index is 1.84. The van der Waals surface area contributed by atoms with E-state index in [0.717, 1.165) is 12.2 Å². The predicted molar refractivity (Wildman–Crippen MR) is 72.3 cm³/mol. The average Bonchev–Trinajstić information content (AvgIpc) is 2.93. The van der Waals surface area contributed by atoms with E-state index < -0.39 is 6.29 Å². The molecule has 0 spiro atoms. The van der Waals surface area contributed by atoms with Crippen molar-refractivity contribution in [2.24, 2.45) is 0 Å². The largest absolute Gasteiger partial charge is 0.482 e. The second-order valence-electron chi connectivity index (χ2n) is 4.56. The fraction of sp³-hybridized carbons (Fsp3) is 0.333. The van der Waals surface area contributed by atoms with E-state index in [1.54, 1.807) is 26.5 Å². The molecule has 1 aromatic heterocycles. The zero-order valence-electron chi connectivity index (χ0n) is 11.4. The van der Waals surface area contributed by atoms with Crippen molar-refractivity contribution in [3.8, 4) is 5.75 Å². The lowest BCUT2D eigenvalue weighted by molar-refractivity contribution is -0.108.